The van der Waals surface area contributed by atoms with Gasteiger partial charge < -0.3 is 5.32 Å². The summed E-state index contributed by atoms with van der Waals surface area (Å²) in [6.45, 7) is 13.8. The summed E-state index contributed by atoms with van der Waals surface area (Å²) in [7, 11) is 0. The third kappa shape index (κ3) is 7.06. The first kappa shape index (κ1) is 13.0. The predicted molar refractivity (Wildman–Crippen MR) is 60.9 cm³/mol. The minimum atomic E-state index is 0.817. The van der Waals surface area contributed by atoms with E-state index in [4.69, 9.17) is 0 Å². The Morgan fingerprint density at radius 2 is 1.62 bits per heavy atom. The van der Waals surface area contributed by atoms with Gasteiger partial charge in [0.25, 0.3) is 0 Å². The van der Waals surface area contributed by atoms with Crippen LogP contribution in [0.15, 0.2) is 0 Å². The van der Waals surface area contributed by atoms with Crippen molar-refractivity contribution in [1.82, 2.24) is 5.32 Å². The first-order chi connectivity index (χ1) is 6.07. The van der Waals surface area contributed by atoms with Crippen LogP contribution in [0.2, 0.25) is 0 Å². The Kier molecular flexibility index (Phi) is 7.35. The predicted octanol–water partition coefficient (Wildman–Crippen LogP) is 3.30. The van der Waals surface area contributed by atoms with Crippen molar-refractivity contribution in [2.75, 3.05) is 13.1 Å². The molecule has 80 valence electrons. The molecule has 0 aromatic carbocycles. The minimum absolute atomic E-state index is 0.817. The molecule has 0 heterocycles. The van der Waals surface area contributed by atoms with Gasteiger partial charge in [0.05, 0.1) is 0 Å². The van der Waals surface area contributed by atoms with Crippen LogP contribution >= 0.6 is 0 Å². The molecule has 0 aromatic heterocycles. The largest absolute Gasteiger partial charge is 0.317 e. The monoisotopic (exact) mass is 185 g/mol. The van der Waals surface area contributed by atoms with Gasteiger partial charge in [0.2, 0.25) is 0 Å². The van der Waals surface area contributed by atoms with Crippen LogP contribution in [-0.2, 0) is 0 Å². The average molecular weight is 185 g/mol. The van der Waals surface area contributed by atoms with Gasteiger partial charge in [-0.2, -0.15) is 0 Å². The maximum atomic E-state index is 3.45. The number of rotatable bonds is 7. The van der Waals surface area contributed by atoms with E-state index >= 15 is 0 Å². The Labute approximate surface area is 84.3 Å². The van der Waals surface area contributed by atoms with Gasteiger partial charge in [-0.3, -0.25) is 0 Å². The van der Waals surface area contributed by atoms with Crippen LogP contribution in [0.3, 0.4) is 0 Å². The van der Waals surface area contributed by atoms with Gasteiger partial charge in [-0.05, 0) is 37.3 Å². The van der Waals surface area contributed by atoms with Crippen molar-refractivity contribution in [3.63, 3.8) is 0 Å². The van der Waals surface area contributed by atoms with Gasteiger partial charge in [0.15, 0.2) is 0 Å². The van der Waals surface area contributed by atoms with Gasteiger partial charge in [-0.1, -0.05) is 41.0 Å². The highest BCUT2D eigenvalue weighted by atomic mass is 14.8. The molecule has 0 spiro atoms. The Morgan fingerprint density at radius 1 is 1.00 bits per heavy atom. The maximum Gasteiger partial charge on any atom is -0.00182 e. The van der Waals surface area contributed by atoms with Crippen molar-refractivity contribution in [3.8, 4) is 0 Å². The lowest BCUT2D eigenvalue weighted by Crippen LogP contribution is -2.26. The van der Waals surface area contributed by atoms with E-state index in [2.05, 4.69) is 39.9 Å². The molecular formula is C12H27N. The van der Waals surface area contributed by atoms with Crippen molar-refractivity contribution in [3.05, 3.63) is 0 Å². The smallest absolute Gasteiger partial charge is 0.00182 e. The third-order valence-corrected chi connectivity index (χ3v) is 2.71. The molecule has 0 aliphatic heterocycles. The molecule has 0 aliphatic rings. The van der Waals surface area contributed by atoms with Crippen LogP contribution in [0.4, 0.5) is 0 Å². The van der Waals surface area contributed by atoms with Gasteiger partial charge >= 0.3 is 0 Å². The maximum absolute atomic E-state index is 3.45. The van der Waals surface area contributed by atoms with E-state index in [0.29, 0.717) is 0 Å². The SMILES string of the molecule is CCNCC(CCC(C)C)C(C)C. The van der Waals surface area contributed by atoms with Crippen molar-refractivity contribution >= 4 is 0 Å². The summed E-state index contributed by atoms with van der Waals surface area (Å²) in [5.41, 5.74) is 0. The molecule has 1 heteroatoms. The molecule has 0 saturated carbocycles. The molecule has 0 aliphatic carbocycles. The zero-order chi connectivity index (χ0) is 10.3. The van der Waals surface area contributed by atoms with Gasteiger partial charge in [-0.15, -0.1) is 0 Å². The minimum Gasteiger partial charge on any atom is -0.317 e. The third-order valence-electron chi connectivity index (χ3n) is 2.71. The molecule has 0 saturated heterocycles. The first-order valence-corrected chi connectivity index (χ1v) is 5.78. The fraction of sp³-hybridized carbons (Fsp3) is 1.00. The van der Waals surface area contributed by atoms with Gasteiger partial charge in [0.1, 0.15) is 0 Å². The second-order valence-corrected chi connectivity index (χ2v) is 4.78. The van der Waals surface area contributed by atoms with Crippen molar-refractivity contribution in [2.24, 2.45) is 17.8 Å². The van der Waals surface area contributed by atoms with Gasteiger partial charge in [-0.25, -0.2) is 0 Å². The van der Waals surface area contributed by atoms with E-state index in [0.717, 1.165) is 24.3 Å². The summed E-state index contributed by atoms with van der Waals surface area (Å²) >= 11 is 0. The van der Waals surface area contributed by atoms with Crippen LogP contribution in [0, 0.1) is 17.8 Å². The molecule has 0 aromatic rings. The topological polar surface area (TPSA) is 12.0 Å². The van der Waals surface area contributed by atoms with Crippen LogP contribution < -0.4 is 5.32 Å². The fourth-order valence-corrected chi connectivity index (χ4v) is 1.55. The Bertz CT molecular complexity index is 108. The first-order valence-electron chi connectivity index (χ1n) is 5.78. The Morgan fingerprint density at radius 3 is 2.00 bits per heavy atom. The zero-order valence-corrected chi connectivity index (χ0v) is 10.1. The van der Waals surface area contributed by atoms with E-state index in [-0.39, 0.29) is 0 Å². The molecule has 1 nitrogen and oxygen atoms in total. The van der Waals surface area contributed by atoms with E-state index in [9.17, 15) is 0 Å². The van der Waals surface area contributed by atoms with E-state index < -0.39 is 0 Å². The fourth-order valence-electron chi connectivity index (χ4n) is 1.55. The van der Waals surface area contributed by atoms with Crippen LogP contribution in [-0.4, -0.2) is 13.1 Å². The summed E-state index contributed by atoms with van der Waals surface area (Å²) in [4.78, 5) is 0. The Balaban J connectivity index is 3.67. The molecule has 0 radical (unpaired) electrons. The summed E-state index contributed by atoms with van der Waals surface area (Å²) in [5, 5.41) is 3.45. The number of hydrogen-bond acceptors (Lipinski definition) is 1. The van der Waals surface area contributed by atoms with E-state index in [1.165, 1.54) is 19.4 Å². The van der Waals surface area contributed by atoms with Crippen molar-refractivity contribution in [2.45, 2.75) is 47.5 Å². The van der Waals surface area contributed by atoms with Crippen LogP contribution in [0.1, 0.15) is 47.5 Å². The molecule has 1 N–H and O–H groups in total. The summed E-state index contributed by atoms with van der Waals surface area (Å²) in [6.07, 6.45) is 2.75. The molecule has 0 rings (SSSR count). The molecular weight excluding hydrogens is 158 g/mol. The van der Waals surface area contributed by atoms with Crippen LogP contribution in [0.25, 0.3) is 0 Å². The second kappa shape index (κ2) is 7.37. The summed E-state index contributed by atoms with van der Waals surface area (Å²) in [5.74, 6) is 2.53. The van der Waals surface area contributed by atoms with Crippen molar-refractivity contribution in [1.29, 1.82) is 0 Å². The number of nitrogens with one attached hydrogen (secondary N) is 1. The highest BCUT2D eigenvalue weighted by Gasteiger charge is 2.12. The second-order valence-electron chi connectivity index (χ2n) is 4.78. The number of hydrogen-bond donors (Lipinski definition) is 1. The van der Waals surface area contributed by atoms with Crippen molar-refractivity contribution < 1.29 is 0 Å². The quantitative estimate of drug-likeness (QED) is 0.641. The normalized spacial score (nSPS) is 14.1. The highest BCUT2D eigenvalue weighted by Crippen LogP contribution is 2.19. The summed E-state index contributed by atoms with van der Waals surface area (Å²) in [6, 6.07) is 0. The lowest BCUT2D eigenvalue weighted by atomic mass is 9.89. The molecule has 1 unspecified atom stereocenters. The Hall–Kier alpha value is -0.0400. The molecule has 0 fully saturated rings. The van der Waals surface area contributed by atoms with E-state index in [1.807, 2.05) is 0 Å². The molecule has 0 amide bonds. The van der Waals surface area contributed by atoms with Crippen LogP contribution in [0.5, 0.6) is 0 Å². The molecule has 13 heavy (non-hydrogen) atoms. The van der Waals surface area contributed by atoms with E-state index in [1.54, 1.807) is 0 Å². The lowest BCUT2D eigenvalue weighted by molar-refractivity contribution is 0.319. The zero-order valence-electron chi connectivity index (χ0n) is 10.1. The standard InChI is InChI=1S/C12H27N/c1-6-13-9-12(11(4)5)8-7-10(2)3/h10-13H,6-9H2,1-5H3. The molecule has 1 atom stereocenters. The highest BCUT2D eigenvalue weighted by molar-refractivity contribution is 4.66. The lowest BCUT2D eigenvalue weighted by Gasteiger charge is -2.21. The average Bonchev–Trinajstić information content (AvgIpc) is 2.03. The summed E-state index contributed by atoms with van der Waals surface area (Å²) < 4.78 is 0. The van der Waals surface area contributed by atoms with Gasteiger partial charge in [0, 0.05) is 0 Å². The molecule has 0 bridgehead atoms.